The fraction of sp³-hybridized carbons (Fsp3) is 0.192. The van der Waals surface area contributed by atoms with Crippen LogP contribution in [-0.2, 0) is 0 Å². The third-order valence-corrected chi connectivity index (χ3v) is 6.09. The lowest BCUT2D eigenvalue weighted by molar-refractivity contribution is 0.0713. The maximum Gasteiger partial charge on any atom is 0.323 e. The highest BCUT2D eigenvalue weighted by Crippen LogP contribution is 2.29. The number of benzene rings is 2. The lowest BCUT2D eigenvalue weighted by Crippen LogP contribution is -2.37. The zero-order valence-electron chi connectivity index (χ0n) is 18.1. The summed E-state index contributed by atoms with van der Waals surface area (Å²) in [4.78, 5) is 31.2. The summed E-state index contributed by atoms with van der Waals surface area (Å²) in [7, 11) is 0. The van der Waals surface area contributed by atoms with E-state index in [0.717, 1.165) is 42.8 Å². The molecule has 33 heavy (non-hydrogen) atoms. The van der Waals surface area contributed by atoms with E-state index >= 15 is 0 Å². The molecule has 5 rings (SSSR count). The van der Waals surface area contributed by atoms with Gasteiger partial charge in [-0.1, -0.05) is 30.3 Å². The summed E-state index contributed by atoms with van der Waals surface area (Å²) in [5.41, 5.74) is 4.22. The molecule has 1 fully saturated rings. The molecule has 0 saturated carbocycles. The minimum Gasteiger partial charge on any atom is -0.339 e. The molecule has 2 N–H and O–H groups in total. The van der Waals surface area contributed by atoms with Gasteiger partial charge in [-0.15, -0.1) is 0 Å². The molecular weight excluding hydrogens is 414 g/mol. The molecule has 7 nitrogen and oxygen atoms in total. The highest BCUT2D eigenvalue weighted by molar-refractivity contribution is 5.99. The van der Waals surface area contributed by atoms with Crippen molar-refractivity contribution in [3.8, 4) is 0 Å². The molecule has 1 aliphatic rings. The standard InChI is InChI=1S/C26H25N5O2/c32-25(21-4-2-1-3-5-21)30-15-12-20(13-16-30)19-6-8-22(9-7-19)28-26(33)29-23-10-11-24-27-14-17-31(24)18-23/h1-11,14,17-18,20H,12-13,15-16H2,(H2,28,29,33). The van der Waals surface area contributed by atoms with Gasteiger partial charge in [-0.2, -0.15) is 0 Å². The molecule has 7 heteroatoms. The van der Waals surface area contributed by atoms with E-state index in [4.69, 9.17) is 0 Å². The van der Waals surface area contributed by atoms with E-state index < -0.39 is 0 Å². The summed E-state index contributed by atoms with van der Waals surface area (Å²) in [5.74, 6) is 0.515. The predicted molar refractivity (Wildman–Crippen MR) is 129 cm³/mol. The van der Waals surface area contributed by atoms with Crippen molar-refractivity contribution in [3.05, 3.63) is 96.4 Å². The number of nitrogens with one attached hydrogen (secondary N) is 2. The number of imidazole rings is 1. The Labute approximate surface area is 192 Å². The summed E-state index contributed by atoms with van der Waals surface area (Å²) in [6, 6.07) is 20.8. The van der Waals surface area contributed by atoms with Crippen LogP contribution in [0.25, 0.3) is 5.65 Å². The second kappa shape index (κ2) is 9.16. The Kier molecular flexibility index (Phi) is 5.76. The normalized spacial score (nSPS) is 14.2. The van der Waals surface area contributed by atoms with Crippen LogP contribution in [0, 0.1) is 0 Å². The van der Waals surface area contributed by atoms with E-state index in [-0.39, 0.29) is 11.9 Å². The van der Waals surface area contributed by atoms with E-state index in [1.54, 1.807) is 6.20 Å². The topological polar surface area (TPSA) is 78.7 Å². The van der Waals surface area contributed by atoms with Gasteiger partial charge in [0.25, 0.3) is 5.91 Å². The van der Waals surface area contributed by atoms with Crippen LogP contribution in [-0.4, -0.2) is 39.3 Å². The van der Waals surface area contributed by atoms with Crippen LogP contribution in [0.5, 0.6) is 0 Å². The van der Waals surface area contributed by atoms with Crippen LogP contribution in [0.15, 0.2) is 85.3 Å². The van der Waals surface area contributed by atoms with Gasteiger partial charge >= 0.3 is 6.03 Å². The Morgan fingerprint density at radius 3 is 2.30 bits per heavy atom. The monoisotopic (exact) mass is 439 g/mol. The van der Waals surface area contributed by atoms with Gasteiger partial charge < -0.3 is 19.9 Å². The Morgan fingerprint density at radius 2 is 1.55 bits per heavy atom. The van der Waals surface area contributed by atoms with Crippen LogP contribution >= 0.6 is 0 Å². The number of anilines is 2. The number of hydrogen-bond acceptors (Lipinski definition) is 3. The lowest BCUT2D eigenvalue weighted by Gasteiger charge is -2.32. The fourth-order valence-electron chi connectivity index (χ4n) is 4.31. The maximum absolute atomic E-state index is 12.6. The molecule has 3 amide bonds. The second-order valence-electron chi connectivity index (χ2n) is 8.24. The van der Waals surface area contributed by atoms with Crippen molar-refractivity contribution in [2.75, 3.05) is 23.7 Å². The van der Waals surface area contributed by atoms with Crippen molar-refractivity contribution in [2.24, 2.45) is 0 Å². The van der Waals surface area contributed by atoms with Crippen LogP contribution < -0.4 is 10.6 Å². The van der Waals surface area contributed by atoms with Crippen molar-refractivity contribution in [1.82, 2.24) is 14.3 Å². The number of piperidine rings is 1. The summed E-state index contributed by atoms with van der Waals surface area (Å²) in [5, 5.41) is 5.72. The predicted octanol–water partition coefficient (Wildman–Crippen LogP) is 5.00. The van der Waals surface area contributed by atoms with E-state index in [9.17, 15) is 9.59 Å². The number of nitrogens with zero attached hydrogens (tertiary/aromatic N) is 3. The van der Waals surface area contributed by atoms with E-state index in [2.05, 4.69) is 27.8 Å². The molecule has 0 bridgehead atoms. The van der Waals surface area contributed by atoms with Gasteiger partial charge in [0.15, 0.2) is 0 Å². The molecule has 3 heterocycles. The minimum atomic E-state index is -0.296. The maximum atomic E-state index is 12.6. The zero-order valence-corrected chi connectivity index (χ0v) is 18.1. The molecule has 0 spiro atoms. The fourth-order valence-corrected chi connectivity index (χ4v) is 4.31. The first-order valence-electron chi connectivity index (χ1n) is 11.1. The Morgan fingerprint density at radius 1 is 0.848 bits per heavy atom. The van der Waals surface area contributed by atoms with E-state index in [1.807, 2.05) is 76.3 Å². The highest BCUT2D eigenvalue weighted by Gasteiger charge is 2.24. The number of urea groups is 1. The summed E-state index contributed by atoms with van der Waals surface area (Å²) in [6.07, 6.45) is 7.23. The Hall–Kier alpha value is -4.13. The van der Waals surface area contributed by atoms with Crippen LogP contribution in [0.2, 0.25) is 0 Å². The summed E-state index contributed by atoms with van der Waals surface area (Å²) in [6.45, 7) is 1.50. The molecule has 0 aliphatic carbocycles. The SMILES string of the molecule is O=C(Nc1ccc(C2CCN(C(=O)c3ccccc3)CC2)cc1)Nc1ccc2nccn2c1. The average molecular weight is 440 g/mol. The Balaban J connectivity index is 1.14. The van der Waals surface area contributed by atoms with Gasteiger partial charge in [-0.25, -0.2) is 9.78 Å². The van der Waals surface area contributed by atoms with Gasteiger partial charge in [0.1, 0.15) is 5.65 Å². The number of fused-ring (bicyclic) bond motifs is 1. The number of rotatable bonds is 4. The van der Waals surface area contributed by atoms with Crippen molar-refractivity contribution in [2.45, 2.75) is 18.8 Å². The molecule has 2 aromatic carbocycles. The number of carbonyl (C=O) groups excluding carboxylic acids is 2. The van der Waals surface area contributed by atoms with Crippen LogP contribution in [0.3, 0.4) is 0 Å². The number of likely N-dealkylation sites (tertiary alicyclic amines) is 1. The average Bonchev–Trinajstić information content (AvgIpc) is 3.33. The van der Waals surface area contributed by atoms with Gasteiger partial charge in [0, 0.05) is 42.9 Å². The molecule has 0 atom stereocenters. The minimum absolute atomic E-state index is 0.104. The molecule has 1 aliphatic heterocycles. The van der Waals surface area contributed by atoms with Crippen molar-refractivity contribution >= 4 is 29.0 Å². The van der Waals surface area contributed by atoms with Gasteiger partial charge in [0.2, 0.25) is 0 Å². The van der Waals surface area contributed by atoms with Crippen LogP contribution in [0.4, 0.5) is 16.2 Å². The van der Waals surface area contributed by atoms with Crippen molar-refractivity contribution in [3.63, 3.8) is 0 Å². The number of pyridine rings is 1. The number of amides is 3. The molecule has 0 radical (unpaired) electrons. The highest BCUT2D eigenvalue weighted by atomic mass is 16.2. The quantitative estimate of drug-likeness (QED) is 0.470. The largest absolute Gasteiger partial charge is 0.339 e. The molecular formula is C26H25N5O2. The van der Waals surface area contributed by atoms with Gasteiger partial charge in [0.05, 0.1) is 5.69 Å². The number of carbonyl (C=O) groups is 2. The van der Waals surface area contributed by atoms with Crippen molar-refractivity contribution < 1.29 is 9.59 Å². The summed E-state index contributed by atoms with van der Waals surface area (Å²) >= 11 is 0. The first kappa shape index (κ1) is 20.8. The van der Waals surface area contributed by atoms with Crippen molar-refractivity contribution in [1.29, 1.82) is 0 Å². The second-order valence-corrected chi connectivity index (χ2v) is 8.24. The first-order valence-corrected chi connectivity index (χ1v) is 11.1. The third-order valence-electron chi connectivity index (χ3n) is 6.09. The van der Waals surface area contributed by atoms with E-state index in [0.29, 0.717) is 11.6 Å². The molecule has 166 valence electrons. The van der Waals surface area contributed by atoms with Gasteiger partial charge in [-0.3, -0.25) is 4.79 Å². The first-order chi connectivity index (χ1) is 16.2. The lowest BCUT2D eigenvalue weighted by atomic mass is 9.89. The molecule has 0 unspecified atom stereocenters. The van der Waals surface area contributed by atoms with Gasteiger partial charge in [-0.05, 0) is 60.7 Å². The number of aromatic nitrogens is 2. The molecule has 1 saturated heterocycles. The molecule has 2 aromatic heterocycles. The smallest absolute Gasteiger partial charge is 0.323 e. The zero-order chi connectivity index (χ0) is 22.6. The van der Waals surface area contributed by atoms with E-state index in [1.165, 1.54) is 5.56 Å². The Bertz CT molecular complexity index is 1260. The summed E-state index contributed by atoms with van der Waals surface area (Å²) < 4.78 is 1.85. The number of hydrogen-bond donors (Lipinski definition) is 2. The molecule has 4 aromatic rings. The third kappa shape index (κ3) is 4.72. The van der Waals surface area contributed by atoms with Crippen LogP contribution in [0.1, 0.15) is 34.7 Å².